The van der Waals surface area contributed by atoms with Gasteiger partial charge in [0, 0.05) is 41.2 Å². The molecule has 0 bridgehead atoms. The number of amides is 3. The second-order valence-electron chi connectivity index (χ2n) is 8.68. The van der Waals surface area contributed by atoms with Crippen LogP contribution in [0.15, 0.2) is 60.7 Å². The monoisotopic (exact) mass is 456 g/mol. The predicted octanol–water partition coefficient (Wildman–Crippen LogP) is 3.74. The number of hydrogen-bond acceptors (Lipinski definition) is 5. The Morgan fingerprint density at radius 1 is 0.941 bits per heavy atom. The van der Waals surface area contributed by atoms with E-state index in [9.17, 15) is 19.2 Å². The number of benzene rings is 3. The zero-order valence-corrected chi connectivity index (χ0v) is 18.8. The molecule has 0 unspecified atom stereocenters. The average molecular weight is 456 g/mol. The van der Waals surface area contributed by atoms with Crippen LogP contribution in [0.25, 0.3) is 10.8 Å². The Morgan fingerprint density at radius 3 is 2.32 bits per heavy atom. The van der Waals surface area contributed by atoms with Crippen molar-refractivity contribution < 1.29 is 23.9 Å². The molecule has 0 N–H and O–H groups in total. The Hall–Kier alpha value is -4.00. The summed E-state index contributed by atoms with van der Waals surface area (Å²) in [5.74, 6) is -1.52. The minimum atomic E-state index is -0.534. The molecule has 7 nitrogen and oxygen atoms in total. The molecule has 2 heterocycles. The Bertz CT molecular complexity index is 1280. The number of ether oxygens (including phenoxy) is 1. The van der Waals surface area contributed by atoms with Crippen LogP contribution in [0, 0.1) is 0 Å². The van der Waals surface area contributed by atoms with E-state index in [1.54, 1.807) is 29.2 Å². The van der Waals surface area contributed by atoms with Gasteiger partial charge in [0.1, 0.15) is 0 Å². The Morgan fingerprint density at radius 2 is 1.62 bits per heavy atom. The molecule has 1 atom stereocenters. The van der Waals surface area contributed by atoms with E-state index in [1.807, 2.05) is 43.3 Å². The number of rotatable bonds is 6. The first-order valence-electron chi connectivity index (χ1n) is 11.4. The van der Waals surface area contributed by atoms with E-state index in [4.69, 9.17) is 4.74 Å². The highest BCUT2D eigenvalue weighted by molar-refractivity contribution is 6.25. The van der Waals surface area contributed by atoms with Crippen molar-refractivity contribution in [2.24, 2.45) is 0 Å². The summed E-state index contributed by atoms with van der Waals surface area (Å²) >= 11 is 0. The Labute approximate surface area is 196 Å². The Kier molecular flexibility index (Phi) is 5.61. The van der Waals surface area contributed by atoms with Gasteiger partial charge in [-0.25, -0.2) is 0 Å². The first-order valence-corrected chi connectivity index (χ1v) is 11.4. The number of esters is 1. The van der Waals surface area contributed by atoms with Gasteiger partial charge in [0.05, 0.1) is 0 Å². The number of anilines is 1. The lowest BCUT2D eigenvalue weighted by Gasteiger charge is -2.27. The third-order valence-corrected chi connectivity index (χ3v) is 6.45. The van der Waals surface area contributed by atoms with Crippen LogP contribution in [0.4, 0.5) is 5.69 Å². The largest absolute Gasteiger partial charge is 0.456 e. The topological polar surface area (TPSA) is 84.0 Å². The van der Waals surface area contributed by atoms with E-state index >= 15 is 0 Å². The number of carbonyl (C=O) groups is 4. The van der Waals surface area contributed by atoms with Gasteiger partial charge in [0.25, 0.3) is 17.7 Å². The van der Waals surface area contributed by atoms with Gasteiger partial charge in [0.2, 0.25) is 0 Å². The van der Waals surface area contributed by atoms with Crippen LogP contribution < -0.4 is 4.90 Å². The first-order chi connectivity index (χ1) is 16.5. The van der Waals surface area contributed by atoms with Gasteiger partial charge in [-0.1, -0.05) is 42.5 Å². The van der Waals surface area contributed by atoms with Gasteiger partial charge < -0.3 is 9.64 Å². The standard InChI is InChI=1S/C27H24N2O5/c1-17-15-19-7-2-3-12-22(19)29(17)23(30)16-34-24(31)13-6-14-28-26(32)20-10-4-8-18-9-5-11-21(25(18)20)27(28)33/h2-5,7-12,17H,6,13-16H2,1H3/t17-/m1/s1. The van der Waals surface area contributed by atoms with Gasteiger partial charge in [-0.3, -0.25) is 24.1 Å². The molecular formula is C27H24N2O5. The van der Waals surface area contributed by atoms with Crippen molar-refractivity contribution in [1.82, 2.24) is 4.90 Å². The molecule has 3 aromatic carbocycles. The molecule has 0 fully saturated rings. The fraction of sp³-hybridized carbons (Fsp3) is 0.259. The van der Waals surface area contributed by atoms with Gasteiger partial charge >= 0.3 is 5.97 Å². The minimum Gasteiger partial charge on any atom is -0.456 e. The molecule has 5 rings (SSSR count). The molecular weight excluding hydrogens is 432 g/mol. The van der Waals surface area contributed by atoms with Crippen molar-refractivity contribution in [3.05, 3.63) is 77.4 Å². The molecule has 172 valence electrons. The number of nitrogens with zero attached hydrogens (tertiary/aromatic N) is 2. The van der Waals surface area contributed by atoms with Crippen molar-refractivity contribution in [3.63, 3.8) is 0 Å². The molecule has 2 aliphatic heterocycles. The van der Waals surface area contributed by atoms with Gasteiger partial charge in [0.15, 0.2) is 6.61 Å². The average Bonchev–Trinajstić information content (AvgIpc) is 3.18. The molecule has 7 heteroatoms. The van der Waals surface area contributed by atoms with Crippen molar-refractivity contribution in [1.29, 1.82) is 0 Å². The molecule has 34 heavy (non-hydrogen) atoms. The fourth-order valence-corrected chi connectivity index (χ4v) is 4.89. The molecule has 0 saturated carbocycles. The van der Waals surface area contributed by atoms with Crippen LogP contribution in [0.1, 0.15) is 46.0 Å². The molecule has 0 aromatic heterocycles. The maximum Gasteiger partial charge on any atom is 0.306 e. The third-order valence-electron chi connectivity index (χ3n) is 6.45. The third kappa shape index (κ3) is 3.73. The summed E-state index contributed by atoms with van der Waals surface area (Å²) in [6.45, 7) is 1.72. The second kappa shape index (κ2) is 8.74. The highest BCUT2D eigenvalue weighted by Gasteiger charge is 2.33. The van der Waals surface area contributed by atoms with E-state index in [2.05, 4.69) is 0 Å². The number of hydrogen-bond donors (Lipinski definition) is 0. The maximum absolute atomic E-state index is 12.9. The molecule has 3 amide bonds. The minimum absolute atomic E-state index is 0.00231. The summed E-state index contributed by atoms with van der Waals surface area (Å²) in [7, 11) is 0. The van der Waals surface area contributed by atoms with Crippen LogP contribution in [0.3, 0.4) is 0 Å². The number of carbonyl (C=O) groups excluding carboxylic acids is 4. The highest BCUT2D eigenvalue weighted by Crippen LogP contribution is 2.32. The van der Waals surface area contributed by atoms with E-state index in [1.165, 1.54) is 4.90 Å². The highest BCUT2D eigenvalue weighted by atomic mass is 16.5. The molecule has 0 aliphatic carbocycles. The zero-order chi connectivity index (χ0) is 23.8. The number of fused-ring (bicyclic) bond motifs is 1. The van der Waals surface area contributed by atoms with Crippen LogP contribution in [0.2, 0.25) is 0 Å². The summed E-state index contributed by atoms with van der Waals surface area (Å²) in [5, 5.41) is 1.52. The van der Waals surface area contributed by atoms with Crippen molar-refractivity contribution >= 4 is 40.2 Å². The number of para-hydroxylation sites is 1. The normalized spacial score (nSPS) is 16.7. The summed E-state index contributed by atoms with van der Waals surface area (Å²) in [4.78, 5) is 53.6. The van der Waals surface area contributed by atoms with E-state index < -0.39 is 5.97 Å². The van der Waals surface area contributed by atoms with Gasteiger partial charge in [-0.05, 0) is 48.9 Å². The van der Waals surface area contributed by atoms with Crippen molar-refractivity contribution in [2.75, 3.05) is 18.1 Å². The maximum atomic E-state index is 12.9. The Balaban J connectivity index is 1.16. The summed E-state index contributed by atoms with van der Waals surface area (Å²) in [5.41, 5.74) is 2.93. The van der Waals surface area contributed by atoms with E-state index in [0.717, 1.165) is 23.1 Å². The summed E-state index contributed by atoms with van der Waals surface area (Å²) in [6, 6.07) is 18.5. The molecule has 0 spiro atoms. The lowest BCUT2D eigenvalue weighted by Crippen LogP contribution is -2.41. The first kappa shape index (κ1) is 21.8. The van der Waals surface area contributed by atoms with Crippen LogP contribution in [-0.2, 0) is 20.7 Å². The SMILES string of the molecule is C[C@@H]1Cc2ccccc2N1C(=O)COC(=O)CCCN1C(=O)c2cccc3cccc(c23)C1=O. The fourth-order valence-electron chi connectivity index (χ4n) is 4.89. The lowest BCUT2D eigenvalue weighted by molar-refractivity contribution is -0.148. The quantitative estimate of drug-likeness (QED) is 0.417. The molecule has 0 saturated heterocycles. The van der Waals surface area contributed by atoms with Gasteiger partial charge in [-0.15, -0.1) is 0 Å². The van der Waals surface area contributed by atoms with Crippen molar-refractivity contribution in [2.45, 2.75) is 32.2 Å². The molecule has 3 aromatic rings. The van der Waals surface area contributed by atoms with E-state index in [-0.39, 0.29) is 49.8 Å². The van der Waals surface area contributed by atoms with Crippen LogP contribution in [0.5, 0.6) is 0 Å². The smallest absolute Gasteiger partial charge is 0.306 e. The zero-order valence-electron chi connectivity index (χ0n) is 18.8. The summed E-state index contributed by atoms with van der Waals surface area (Å²) in [6.07, 6.45) is 1.03. The predicted molar refractivity (Wildman–Crippen MR) is 127 cm³/mol. The van der Waals surface area contributed by atoms with Crippen molar-refractivity contribution in [3.8, 4) is 0 Å². The summed E-state index contributed by atoms with van der Waals surface area (Å²) < 4.78 is 5.21. The van der Waals surface area contributed by atoms with E-state index in [0.29, 0.717) is 16.5 Å². The molecule has 2 aliphatic rings. The lowest BCUT2D eigenvalue weighted by atomic mass is 9.94. The van der Waals surface area contributed by atoms with Crippen LogP contribution >= 0.6 is 0 Å². The van der Waals surface area contributed by atoms with Crippen LogP contribution in [-0.4, -0.2) is 47.8 Å². The second-order valence-corrected chi connectivity index (χ2v) is 8.68. The number of imide groups is 1. The molecule has 0 radical (unpaired) electrons. The van der Waals surface area contributed by atoms with Gasteiger partial charge in [-0.2, -0.15) is 0 Å².